The van der Waals surface area contributed by atoms with Crippen LogP contribution >= 0.6 is 0 Å². The van der Waals surface area contributed by atoms with Gasteiger partial charge >= 0.3 is 0 Å². The molecule has 1 fully saturated rings. The van der Waals surface area contributed by atoms with Crippen molar-refractivity contribution in [1.82, 2.24) is 4.98 Å². The number of aromatic nitrogens is 1. The van der Waals surface area contributed by atoms with Crippen LogP contribution < -0.4 is 9.47 Å². The zero-order valence-corrected chi connectivity index (χ0v) is 14.4. The average molecular weight is 301 g/mol. The summed E-state index contributed by atoms with van der Waals surface area (Å²) in [4.78, 5) is 4.85. The predicted octanol–water partition coefficient (Wildman–Crippen LogP) is 5.11. The van der Waals surface area contributed by atoms with Gasteiger partial charge in [-0.3, -0.25) is 0 Å². The molecule has 1 aliphatic rings. The summed E-state index contributed by atoms with van der Waals surface area (Å²) in [6, 6.07) is 6.11. The lowest BCUT2D eigenvalue weighted by atomic mass is 10.0. The average Bonchev–Trinajstić information content (AvgIpc) is 3.41. The SMILES string of the molecule is CC.CCCc1c(OC)c(C2CC2)nc2ccc(OC)cc12. The molecule has 0 aliphatic heterocycles. The molecule has 1 heterocycles. The highest BCUT2D eigenvalue weighted by atomic mass is 16.5. The van der Waals surface area contributed by atoms with E-state index in [0.29, 0.717) is 5.92 Å². The zero-order chi connectivity index (χ0) is 16.1. The van der Waals surface area contributed by atoms with Gasteiger partial charge in [-0.15, -0.1) is 0 Å². The Morgan fingerprint density at radius 1 is 1.14 bits per heavy atom. The molecule has 1 aromatic carbocycles. The highest BCUT2D eigenvalue weighted by molar-refractivity contribution is 5.86. The van der Waals surface area contributed by atoms with E-state index in [1.165, 1.54) is 18.4 Å². The molecule has 1 aromatic heterocycles. The topological polar surface area (TPSA) is 31.4 Å². The molecule has 0 N–H and O–H groups in total. The van der Waals surface area contributed by atoms with Gasteiger partial charge in [0.15, 0.2) is 0 Å². The first-order chi connectivity index (χ1) is 10.8. The van der Waals surface area contributed by atoms with E-state index in [4.69, 9.17) is 14.5 Å². The van der Waals surface area contributed by atoms with E-state index in [1.54, 1.807) is 14.2 Å². The van der Waals surface area contributed by atoms with Crippen molar-refractivity contribution in [2.24, 2.45) is 0 Å². The second-order valence-electron chi connectivity index (χ2n) is 5.42. The number of aryl methyl sites for hydroxylation is 1. The van der Waals surface area contributed by atoms with Gasteiger partial charge in [0.05, 0.1) is 25.4 Å². The van der Waals surface area contributed by atoms with Gasteiger partial charge in [0, 0.05) is 16.9 Å². The number of pyridine rings is 1. The normalized spacial score (nSPS) is 13.5. The number of nitrogens with zero attached hydrogens (tertiary/aromatic N) is 1. The molecule has 0 spiro atoms. The van der Waals surface area contributed by atoms with E-state index in [0.717, 1.165) is 40.9 Å². The van der Waals surface area contributed by atoms with E-state index >= 15 is 0 Å². The Balaban J connectivity index is 0.000000847. The van der Waals surface area contributed by atoms with Crippen LogP contribution in [0.4, 0.5) is 0 Å². The zero-order valence-electron chi connectivity index (χ0n) is 14.4. The molecule has 22 heavy (non-hydrogen) atoms. The minimum absolute atomic E-state index is 0.590. The number of rotatable bonds is 5. The molecule has 0 amide bonds. The van der Waals surface area contributed by atoms with Crippen molar-refractivity contribution in [3.63, 3.8) is 0 Å². The monoisotopic (exact) mass is 301 g/mol. The van der Waals surface area contributed by atoms with E-state index in [1.807, 2.05) is 19.9 Å². The van der Waals surface area contributed by atoms with Crippen molar-refractivity contribution in [2.45, 2.75) is 52.4 Å². The summed E-state index contributed by atoms with van der Waals surface area (Å²) in [6.45, 7) is 6.20. The number of hydrogen-bond acceptors (Lipinski definition) is 3. The fraction of sp³-hybridized carbons (Fsp3) is 0.526. The largest absolute Gasteiger partial charge is 0.497 e. The van der Waals surface area contributed by atoms with Gasteiger partial charge < -0.3 is 9.47 Å². The first kappa shape index (κ1) is 16.6. The second kappa shape index (κ2) is 7.48. The van der Waals surface area contributed by atoms with Gasteiger partial charge in [0.1, 0.15) is 11.5 Å². The number of methoxy groups -OCH3 is 2. The summed E-state index contributed by atoms with van der Waals surface area (Å²) < 4.78 is 11.1. The van der Waals surface area contributed by atoms with Gasteiger partial charge in [-0.25, -0.2) is 4.98 Å². The Kier molecular flexibility index (Phi) is 5.64. The predicted molar refractivity (Wildman–Crippen MR) is 92.2 cm³/mol. The van der Waals surface area contributed by atoms with Gasteiger partial charge in [-0.2, -0.15) is 0 Å². The van der Waals surface area contributed by atoms with Crippen molar-refractivity contribution >= 4 is 10.9 Å². The van der Waals surface area contributed by atoms with Crippen LogP contribution in [0.25, 0.3) is 10.9 Å². The minimum atomic E-state index is 0.590. The maximum absolute atomic E-state index is 5.71. The van der Waals surface area contributed by atoms with Crippen molar-refractivity contribution in [3.8, 4) is 11.5 Å². The van der Waals surface area contributed by atoms with Crippen LogP contribution in [0.1, 0.15) is 57.2 Å². The Hall–Kier alpha value is -1.77. The molecular weight excluding hydrogens is 274 g/mol. The van der Waals surface area contributed by atoms with E-state index in [-0.39, 0.29) is 0 Å². The molecule has 1 aliphatic carbocycles. The third kappa shape index (κ3) is 3.18. The lowest BCUT2D eigenvalue weighted by Gasteiger charge is -2.16. The van der Waals surface area contributed by atoms with Crippen LogP contribution in [0.15, 0.2) is 18.2 Å². The Bertz CT molecular complexity index is 633. The molecule has 0 bridgehead atoms. The van der Waals surface area contributed by atoms with Crippen LogP contribution in [0.3, 0.4) is 0 Å². The molecule has 3 rings (SSSR count). The van der Waals surface area contributed by atoms with E-state index in [9.17, 15) is 0 Å². The Morgan fingerprint density at radius 2 is 1.86 bits per heavy atom. The molecular formula is C19H27NO2. The molecule has 0 atom stereocenters. The summed E-state index contributed by atoms with van der Waals surface area (Å²) in [6.07, 6.45) is 4.57. The maximum atomic E-state index is 5.71. The smallest absolute Gasteiger partial charge is 0.144 e. The standard InChI is InChI=1S/C17H21NO2.C2H6/c1-4-5-13-14-10-12(19-2)8-9-15(14)18-16(11-6-7-11)17(13)20-3;1-2/h8-11H,4-7H2,1-3H3;1-2H3. The van der Waals surface area contributed by atoms with Crippen molar-refractivity contribution in [1.29, 1.82) is 0 Å². The molecule has 0 radical (unpaired) electrons. The van der Waals surface area contributed by atoms with E-state index < -0.39 is 0 Å². The van der Waals surface area contributed by atoms with Crippen LogP contribution in [-0.2, 0) is 6.42 Å². The summed E-state index contributed by atoms with van der Waals surface area (Å²) in [7, 11) is 3.46. The summed E-state index contributed by atoms with van der Waals surface area (Å²) in [5.74, 6) is 2.46. The van der Waals surface area contributed by atoms with Gasteiger partial charge in [-0.05, 0) is 37.5 Å². The number of ether oxygens (including phenoxy) is 2. The molecule has 0 unspecified atom stereocenters. The van der Waals surface area contributed by atoms with Crippen molar-refractivity contribution < 1.29 is 9.47 Å². The first-order valence-corrected chi connectivity index (χ1v) is 8.33. The van der Waals surface area contributed by atoms with Crippen LogP contribution in [0.2, 0.25) is 0 Å². The number of fused-ring (bicyclic) bond motifs is 1. The maximum Gasteiger partial charge on any atom is 0.144 e. The summed E-state index contributed by atoms with van der Waals surface area (Å²) >= 11 is 0. The van der Waals surface area contributed by atoms with Crippen LogP contribution in [0.5, 0.6) is 11.5 Å². The third-order valence-electron chi connectivity index (χ3n) is 3.94. The minimum Gasteiger partial charge on any atom is -0.497 e. The summed E-state index contributed by atoms with van der Waals surface area (Å²) in [5, 5.41) is 1.16. The first-order valence-electron chi connectivity index (χ1n) is 8.33. The third-order valence-corrected chi connectivity index (χ3v) is 3.94. The van der Waals surface area contributed by atoms with Gasteiger partial charge in [-0.1, -0.05) is 27.2 Å². The lowest BCUT2D eigenvalue weighted by Crippen LogP contribution is -2.01. The summed E-state index contributed by atoms with van der Waals surface area (Å²) in [5.41, 5.74) is 3.48. The fourth-order valence-corrected chi connectivity index (χ4v) is 2.80. The fourth-order valence-electron chi connectivity index (χ4n) is 2.80. The van der Waals surface area contributed by atoms with E-state index in [2.05, 4.69) is 19.1 Å². The Morgan fingerprint density at radius 3 is 2.41 bits per heavy atom. The number of hydrogen-bond donors (Lipinski definition) is 0. The highest BCUT2D eigenvalue weighted by Crippen LogP contribution is 2.46. The molecule has 2 aromatic rings. The molecule has 120 valence electrons. The molecule has 3 nitrogen and oxygen atoms in total. The van der Waals surface area contributed by atoms with Gasteiger partial charge in [0.25, 0.3) is 0 Å². The Labute approximate surface area is 133 Å². The van der Waals surface area contributed by atoms with Crippen LogP contribution in [0, 0.1) is 0 Å². The molecule has 1 saturated carbocycles. The molecule has 0 saturated heterocycles. The lowest BCUT2D eigenvalue weighted by molar-refractivity contribution is 0.402. The molecule has 3 heteroatoms. The second-order valence-corrected chi connectivity index (χ2v) is 5.42. The number of benzene rings is 1. The van der Waals surface area contributed by atoms with Crippen LogP contribution in [-0.4, -0.2) is 19.2 Å². The van der Waals surface area contributed by atoms with Gasteiger partial charge in [0.2, 0.25) is 0 Å². The highest BCUT2D eigenvalue weighted by Gasteiger charge is 2.30. The van der Waals surface area contributed by atoms with Crippen molar-refractivity contribution in [2.75, 3.05) is 14.2 Å². The van der Waals surface area contributed by atoms with Crippen molar-refractivity contribution in [3.05, 3.63) is 29.5 Å². The quantitative estimate of drug-likeness (QED) is 0.769.